The Morgan fingerprint density at radius 3 is 3.19 bits per heavy atom. The molecule has 4 rings (SSSR count). The van der Waals surface area contributed by atoms with E-state index < -0.39 is 0 Å². The van der Waals surface area contributed by atoms with Gasteiger partial charge in [-0.25, -0.2) is 9.97 Å². The fourth-order valence-electron chi connectivity index (χ4n) is 3.01. The van der Waals surface area contributed by atoms with Gasteiger partial charge in [-0.2, -0.15) is 0 Å². The molecule has 108 valence electrons. The molecule has 3 aromatic heterocycles. The predicted molar refractivity (Wildman–Crippen MR) is 85.7 cm³/mol. The maximum absolute atomic E-state index is 4.90. The summed E-state index contributed by atoms with van der Waals surface area (Å²) < 4.78 is 2.05. The summed E-state index contributed by atoms with van der Waals surface area (Å²) >= 11 is 1.81. The SMILES string of the molecule is CCNC1CCCc2sc(-c3cn4ccccc4n3)nc21. The summed E-state index contributed by atoms with van der Waals surface area (Å²) in [7, 11) is 0. The normalized spacial score (nSPS) is 18.0. The zero-order chi connectivity index (χ0) is 14.2. The molecule has 3 heterocycles. The van der Waals surface area contributed by atoms with Gasteiger partial charge < -0.3 is 9.72 Å². The minimum absolute atomic E-state index is 0.417. The maximum atomic E-state index is 4.90. The molecule has 0 spiro atoms. The van der Waals surface area contributed by atoms with E-state index in [9.17, 15) is 0 Å². The lowest BCUT2D eigenvalue weighted by Gasteiger charge is -2.21. The number of aromatic nitrogens is 3. The molecule has 0 bridgehead atoms. The highest BCUT2D eigenvalue weighted by molar-refractivity contribution is 7.15. The quantitative estimate of drug-likeness (QED) is 0.805. The second-order valence-electron chi connectivity index (χ2n) is 5.42. The van der Waals surface area contributed by atoms with Crippen molar-refractivity contribution in [1.82, 2.24) is 19.7 Å². The topological polar surface area (TPSA) is 42.2 Å². The molecule has 4 nitrogen and oxygen atoms in total. The van der Waals surface area contributed by atoms with E-state index in [1.54, 1.807) is 11.3 Å². The van der Waals surface area contributed by atoms with Gasteiger partial charge in [0, 0.05) is 17.3 Å². The third-order valence-corrected chi connectivity index (χ3v) is 5.14. The lowest BCUT2D eigenvalue weighted by molar-refractivity contribution is 0.465. The van der Waals surface area contributed by atoms with Crippen molar-refractivity contribution >= 4 is 17.0 Å². The predicted octanol–water partition coefficient (Wildman–Crippen LogP) is 3.44. The average molecular weight is 298 g/mol. The Kier molecular flexibility index (Phi) is 3.24. The van der Waals surface area contributed by atoms with Crippen LogP contribution in [0, 0.1) is 0 Å². The summed E-state index contributed by atoms with van der Waals surface area (Å²) in [5.74, 6) is 0. The molecule has 0 fully saturated rings. The summed E-state index contributed by atoms with van der Waals surface area (Å²) in [6.07, 6.45) is 7.69. The van der Waals surface area contributed by atoms with Crippen molar-refractivity contribution in [3.05, 3.63) is 41.2 Å². The second kappa shape index (κ2) is 5.24. The second-order valence-corrected chi connectivity index (χ2v) is 6.51. The Labute approximate surface area is 127 Å². The van der Waals surface area contributed by atoms with Crippen LogP contribution in [0.15, 0.2) is 30.6 Å². The van der Waals surface area contributed by atoms with Crippen molar-refractivity contribution in [2.75, 3.05) is 6.54 Å². The molecular formula is C16H18N4S. The Hall–Kier alpha value is -1.72. The molecule has 0 saturated heterocycles. The highest BCUT2D eigenvalue weighted by atomic mass is 32.1. The Bertz CT molecular complexity index is 741. The van der Waals surface area contributed by atoms with Crippen LogP contribution >= 0.6 is 11.3 Å². The molecular weight excluding hydrogens is 280 g/mol. The summed E-state index contributed by atoms with van der Waals surface area (Å²) in [4.78, 5) is 11.0. The van der Waals surface area contributed by atoms with E-state index in [0.717, 1.165) is 29.3 Å². The van der Waals surface area contributed by atoms with Crippen LogP contribution in [0.4, 0.5) is 0 Å². The zero-order valence-electron chi connectivity index (χ0n) is 12.0. The lowest BCUT2D eigenvalue weighted by Crippen LogP contribution is -2.24. The summed E-state index contributed by atoms with van der Waals surface area (Å²) in [5.41, 5.74) is 3.21. The Morgan fingerprint density at radius 1 is 1.38 bits per heavy atom. The highest BCUT2D eigenvalue weighted by Crippen LogP contribution is 2.36. The van der Waals surface area contributed by atoms with Crippen LogP contribution in [0.1, 0.15) is 36.4 Å². The average Bonchev–Trinajstić information content (AvgIpc) is 3.11. The number of imidazole rings is 1. The molecule has 1 N–H and O–H groups in total. The molecule has 3 aromatic rings. The number of aryl methyl sites for hydroxylation is 1. The van der Waals surface area contributed by atoms with Gasteiger partial charge >= 0.3 is 0 Å². The summed E-state index contributed by atoms with van der Waals surface area (Å²) in [6, 6.07) is 6.48. The molecule has 1 unspecified atom stereocenters. The molecule has 1 atom stereocenters. The fourth-order valence-corrected chi connectivity index (χ4v) is 4.13. The first-order chi connectivity index (χ1) is 10.3. The van der Waals surface area contributed by atoms with Crippen LogP contribution in [0.5, 0.6) is 0 Å². The third kappa shape index (κ3) is 2.26. The van der Waals surface area contributed by atoms with Crippen LogP contribution in [0.2, 0.25) is 0 Å². The van der Waals surface area contributed by atoms with Crippen molar-refractivity contribution in [2.45, 2.75) is 32.2 Å². The van der Waals surface area contributed by atoms with E-state index >= 15 is 0 Å². The van der Waals surface area contributed by atoms with Crippen LogP contribution < -0.4 is 5.32 Å². The van der Waals surface area contributed by atoms with E-state index in [1.807, 2.05) is 24.4 Å². The third-order valence-electron chi connectivity index (χ3n) is 3.99. The number of hydrogen-bond donors (Lipinski definition) is 1. The first kappa shape index (κ1) is 13.0. The van der Waals surface area contributed by atoms with Gasteiger partial charge in [-0.15, -0.1) is 11.3 Å². The van der Waals surface area contributed by atoms with Crippen LogP contribution in [-0.4, -0.2) is 20.9 Å². The van der Waals surface area contributed by atoms with Crippen LogP contribution in [0.25, 0.3) is 16.3 Å². The van der Waals surface area contributed by atoms with Gasteiger partial charge in [-0.3, -0.25) is 0 Å². The number of rotatable bonds is 3. The molecule has 5 heteroatoms. The van der Waals surface area contributed by atoms with E-state index in [4.69, 9.17) is 4.98 Å². The van der Waals surface area contributed by atoms with Crippen LogP contribution in [0.3, 0.4) is 0 Å². The largest absolute Gasteiger partial charge is 0.309 e. The van der Waals surface area contributed by atoms with Gasteiger partial charge in [0.25, 0.3) is 0 Å². The van der Waals surface area contributed by atoms with Gasteiger partial charge in [-0.1, -0.05) is 13.0 Å². The minimum Gasteiger partial charge on any atom is -0.309 e. The Balaban J connectivity index is 1.76. The first-order valence-electron chi connectivity index (χ1n) is 7.52. The van der Waals surface area contributed by atoms with E-state index in [2.05, 4.69) is 27.8 Å². The fraction of sp³-hybridized carbons (Fsp3) is 0.375. The molecule has 0 aromatic carbocycles. The van der Waals surface area contributed by atoms with Crippen molar-refractivity contribution in [1.29, 1.82) is 0 Å². The number of thiazole rings is 1. The molecule has 0 saturated carbocycles. The van der Waals surface area contributed by atoms with Crippen molar-refractivity contribution in [3.63, 3.8) is 0 Å². The molecule has 1 aliphatic rings. The van der Waals surface area contributed by atoms with Crippen LogP contribution in [-0.2, 0) is 6.42 Å². The summed E-state index contributed by atoms with van der Waals surface area (Å²) in [5, 5.41) is 4.60. The van der Waals surface area contributed by atoms with Gasteiger partial charge in [0.2, 0.25) is 0 Å². The van der Waals surface area contributed by atoms with E-state index in [0.29, 0.717) is 6.04 Å². The number of hydrogen-bond acceptors (Lipinski definition) is 4. The van der Waals surface area contributed by atoms with Gasteiger partial charge in [-0.05, 0) is 37.9 Å². The smallest absolute Gasteiger partial charge is 0.144 e. The lowest BCUT2D eigenvalue weighted by atomic mass is 9.98. The summed E-state index contributed by atoms with van der Waals surface area (Å²) in [6.45, 7) is 3.15. The minimum atomic E-state index is 0.417. The molecule has 0 radical (unpaired) electrons. The van der Waals surface area contributed by atoms with Gasteiger partial charge in [0.05, 0.1) is 11.7 Å². The van der Waals surface area contributed by atoms with E-state index in [1.165, 1.54) is 23.4 Å². The number of fused-ring (bicyclic) bond motifs is 2. The van der Waals surface area contributed by atoms with Crippen molar-refractivity contribution in [3.8, 4) is 10.7 Å². The van der Waals surface area contributed by atoms with Crippen molar-refractivity contribution in [2.24, 2.45) is 0 Å². The molecule has 21 heavy (non-hydrogen) atoms. The number of nitrogens with one attached hydrogen (secondary N) is 1. The van der Waals surface area contributed by atoms with Gasteiger partial charge in [0.15, 0.2) is 0 Å². The number of pyridine rings is 1. The molecule has 0 amide bonds. The van der Waals surface area contributed by atoms with Crippen molar-refractivity contribution < 1.29 is 0 Å². The first-order valence-corrected chi connectivity index (χ1v) is 8.34. The number of nitrogens with zero attached hydrogens (tertiary/aromatic N) is 3. The van der Waals surface area contributed by atoms with Gasteiger partial charge in [0.1, 0.15) is 16.3 Å². The molecule has 1 aliphatic carbocycles. The highest BCUT2D eigenvalue weighted by Gasteiger charge is 2.24. The van der Waals surface area contributed by atoms with E-state index in [-0.39, 0.29) is 0 Å². The standard InChI is InChI=1S/C16H18N4S/c1-2-17-11-6-5-7-13-15(11)19-16(21-13)12-10-20-9-4-3-8-14(20)18-12/h3-4,8-11,17H,2,5-7H2,1H3. The monoisotopic (exact) mass is 298 g/mol. The Morgan fingerprint density at radius 2 is 2.33 bits per heavy atom. The maximum Gasteiger partial charge on any atom is 0.144 e. The molecule has 0 aliphatic heterocycles. The zero-order valence-corrected chi connectivity index (χ0v) is 12.9.